The monoisotopic (exact) mass is 319 g/mol. The predicted octanol–water partition coefficient (Wildman–Crippen LogP) is 1.47. The van der Waals surface area contributed by atoms with Crippen molar-refractivity contribution < 1.29 is 17.9 Å². The molecule has 0 aliphatic carbocycles. The molecule has 0 fully saturated rings. The smallest absolute Gasteiger partial charge is 0.265 e. The number of sulfonamides is 1. The molecule has 6 nitrogen and oxygen atoms in total. The molecule has 0 aliphatic rings. The maximum atomic E-state index is 12.9. The first-order valence-corrected chi connectivity index (χ1v) is 7.39. The highest BCUT2D eigenvalue weighted by atomic mass is 35.5. The van der Waals surface area contributed by atoms with Gasteiger partial charge in [0.25, 0.3) is 10.0 Å². The van der Waals surface area contributed by atoms with Gasteiger partial charge in [0.15, 0.2) is 0 Å². The lowest BCUT2D eigenvalue weighted by molar-refractivity contribution is 0.269. The van der Waals surface area contributed by atoms with E-state index in [9.17, 15) is 12.8 Å². The zero-order chi connectivity index (χ0) is 14.8. The minimum Gasteiger partial charge on any atom is -0.394 e. The van der Waals surface area contributed by atoms with Crippen molar-refractivity contribution in [3.05, 3.63) is 41.4 Å². The highest BCUT2D eigenvalue weighted by Crippen LogP contribution is 2.25. The van der Waals surface area contributed by atoms with Crippen molar-refractivity contribution in [2.45, 2.75) is 11.4 Å². The third-order valence-corrected chi connectivity index (χ3v) is 4.06. The Morgan fingerprint density at radius 2 is 2.20 bits per heavy atom. The van der Waals surface area contributed by atoms with Crippen molar-refractivity contribution >= 4 is 27.3 Å². The predicted molar refractivity (Wildman–Crippen MR) is 71.5 cm³/mol. The van der Waals surface area contributed by atoms with Crippen LogP contribution in [0.15, 0.2) is 35.5 Å². The number of benzene rings is 1. The molecule has 2 N–H and O–H groups in total. The van der Waals surface area contributed by atoms with Gasteiger partial charge in [-0.05, 0) is 18.2 Å². The second-order valence-corrected chi connectivity index (χ2v) is 5.98. The molecule has 0 unspecified atom stereocenters. The second kappa shape index (κ2) is 5.78. The van der Waals surface area contributed by atoms with E-state index >= 15 is 0 Å². The zero-order valence-electron chi connectivity index (χ0n) is 10.1. The molecular weight excluding hydrogens is 309 g/mol. The highest BCUT2D eigenvalue weighted by molar-refractivity contribution is 7.92. The number of anilines is 1. The van der Waals surface area contributed by atoms with Crippen molar-refractivity contribution in [3.8, 4) is 0 Å². The molecule has 2 rings (SSSR count). The lowest BCUT2D eigenvalue weighted by atomic mass is 10.3. The number of halogens is 2. The average Bonchev–Trinajstić information content (AvgIpc) is 2.83. The molecule has 2 aromatic rings. The first-order valence-electron chi connectivity index (χ1n) is 5.53. The molecule has 0 saturated heterocycles. The molecule has 0 bridgehead atoms. The molecule has 0 saturated carbocycles. The molecule has 1 heterocycles. The molecule has 0 spiro atoms. The van der Waals surface area contributed by atoms with Crippen LogP contribution < -0.4 is 4.72 Å². The van der Waals surface area contributed by atoms with Crippen LogP contribution in [0.2, 0.25) is 5.02 Å². The minimum absolute atomic E-state index is 0.0451. The van der Waals surface area contributed by atoms with Crippen molar-refractivity contribution in [1.29, 1.82) is 0 Å². The van der Waals surface area contributed by atoms with E-state index in [1.807, 2.05) is 0 Å². The van der Waals surface area contributed by atoms with Crippen molar-refractivity contribution in [2.75, 3.05) is 11.3 Å². The Morgan fingerprint density at radius 3 is 2.85 bits per heavy atom. The summed E-state index contributed by atoms with van der Waals surface area (Å²) in [7, 11) is -3.87. The first kappa shape index (κ1) is 14.8. The molecular formula is C11H11ClFN3O3S. The molecule has 0 atom stereocenters. The Balaban J connectivity index is 2.26. The molecule has 108 valence electrons. The molecule has 9 heteroatoms. The number of aromatic nitrogens is 2. The standard InChI is InChI=1S/C11H11ClFN3O3S/c12-10-5-8(13)1-2-11(10)15-20(18,19)9-6-14-16(7-9)3-4-17/h1-2,5-7,15,17H,3-4H2. The minimum atomic E-state index is -3.87. The summed E-state index contributed by atoms with van der Waals surface area (Å²) >= 11 is 5.76. The van der Waals surface area contributed by atoms with E-state index in [1.165, 1.54) is 16.9 Å². The summed E-state index contributed by atoms with van der Waals surface area (Å²) in [5.74, 6) is -0.561. The summed E-state index contributed by atoms with van der Waals surface area (Å²) in [4.78, 5) is -0.0775. The molecule has 20 heavy (non-hydrogen) atoms. The fourth-order valence-electron chi connectivity index (χ4n) is 1.48. The summed E-state index contributed by atoms with van der Waals surface area (Å²) in [6.07, 6.45) is 2.42. The van der Waals surface area contributed by atoms with Gasteiger partial charge >= 0.3 is 0 Å². The van der Waals surface area contributed by atoms with Crippen LogP contribution in [0, 0.1) is 5.82 Å². The molecule has 0 radical (unpaired) electrons. The Kier molecular flexibility index (Phi) is 4.26. The lowest BCUT2D eigenvalue weighted by Gasteiger charge is -2.07. The van der Waals surface area contributed by atoms with Crippen LogP contribution in [-0.4, -0.2) is 29.9 Å². The third-order valence-electron chi connectivity index (χ3n) is 2.42. The van der Waals surface area contributed by atoms with Crippen molar-refractivity contribution in [1.82, 2.24) is 9.78 Å². The summed E-state index contributed by atoms with van der Waals surface area (Å²) in [5, 5.41) is 12.5. The topological polar surface area (TPSA) is 84.2 Å². The van der Waals surface area contributed by atoms with Crippen LogP contribution in [0.25, 0.3) is 0 Å². The van der Waals surface area contributed by atoms with Gasteiger partial charge in [0, 0.05) is 6.20 Å². The summed E-state index contributed by atoms with van der Waals surface area (Å²) in [6.45, 7) is 0.0329. The fourth-order valence-corrected chi connectivity index (χ4v) is 2.79. The second-order valence-electron chi connectivity index (χ2n) is 3.89. The molecule has 1 aromatic heterocycles. The van der Waals surface area contributed by atoms with Crippen LogP contribution in [-0.2, 0) is 16.6 Å². The average molecular weight is 320 g/mol. The lowest BCUT2D eigenvalue weighted by Crippen LogP contribution is -2.13. The number of aliphatic hydroxyl groups excluding tert-OH is 1. The van der Waals surface area contributed by atoms with Gasteiger partial charge in [-0.1, -0.05) is 11.6 Å². The number of rotatable bonds is 5. The van der Waals surface area contributed by atoms with Crippen molar-refractivity contribution in [3.63, 3.8) is 0 Å². The highest BCUT2D eigenvalue weighted by Gasteiger charge is 2.18. The van der Waals surface area contributed by atoms with Crippen LogP contribution in [0.3, 0.4) is 0 Å². The number of nitrogens with zero attached hydrogens (tertiary/aromatic N) is 2. The van der Waals surface area contributed by atoms with E-state index in [4.69, 9.17) is 16.7 Å². The zero-order valence-corrected chi connectivity index (χ0v) is 11.7. The quantitative estimate of drug-likeness (QED) is 0.874. The Morgan fingerprint density at radius 1 is 1.45 bits per heavy atom. The summed E-state index contributed by atoms with van der Waals surface area (Å²) in [5.41, 5.74) is 0.0722. The largest absolute Gasteiger partial charge is 0.394 e. The number of aliphatic hydroxyl groups is 1. The van der Waals surface area contributed by atoms with E-state index in [0.717, 1.165) is 18.3 Å². The van der Waals surface area contributed by atoms with Crippen molar-refractivity contribution in [2.24, 2.45) is 0 Å². The van der Waals surface area contributed by atoms with Crippen LogP contribution in [0.1, 0.15) is 0 Å². The number of hydrogen-bond acceptors (Lipinski definition) is 4. The Bertz CT molecular complexity index is 717. The van der Waals surface area contributed by atoms with Crippen LogP contribution in [0.4, 0.5) is 10.1 Å². The Labute approximate surface area is 119 Å². The molecule has 0 aliphatic heterocycles. The van der Waals surface area contributed by atoms with Gasteiger partial charge in [0.2, 0.25) is 0 Å². The molecule has 1 aromatic carbocycles. The van der Waals surface area contributed by atoms with Gasteiger partial charge in [-0.2, -0.15) is 5.10 Å². The van der Waals surface area contributed by atoms with Gasteiger partial charge in [-0.25, -0.2) is 12.8 Å². The van der Waals surface area contributed by atoms with E-state index < -0.39 is 15.8 Å². The fraction of sp³-hybridized carbons (Fsp3) is 0.182. The van der Waals surface area contributed by atoms with E-state index in [2.05, 4.69) is 9.82 Å². The van der Waals surface area contributed by atoms with Gasteiger partial charge < -0.3 is 5.11 Å². The summed E-state index contributed by atoms with van der Waals surface area (Å²) in [6, 6.07) is 3.33. The number of nitrogens with one attached hydrogen (secondary N) is 1. The molecule has 0 amide bonds. The number of hydrogen-bond donors (Lipinski definition) is 2. The SMILES string of the molecule is O=S(=O)(Nc1ccc(F)cc1Cl)c1cnn(CCO)c1. The Hall–Kier alpha value is -1.64. The van der Waals surface area contributed by atoms with Gasteiger partial charge in [-0.15, -0.1) is 0 Å². The van der Waals surface area contributed by atoms with Gasteiger partial charge in [0.05, 0.1) is 30.1 Å². The van der Waals surface area contributed by atoms with E-state index in [1.54, 1.807) is 0 Å². The van der Waals surface area contributed by atoms with Gasteiger partial charge in [0.1, 0.15) is 10.7 Å². The normalized spacial score (nSPS) is 11.6. The van der Waals surface area contributed by atoms with E-state index in [0.29, 0.717) is 0 Å². The van der Waals surface area contributed by atoms with Crippen LogP contribution >= 0.6 is 11.6 Å². The first-order chi connectivity index (χ1) is 9.42. The third kappa shape index (κ3) is 3.27. The van der Waals surface area contributed by atoms with Crippen LogP contribution in [0.5, 0.6) is 0 Å². The van der Waals surface area contributed by atoms with E-state index in [-0.39, 0.29) is 28.8 Å². The maximum absolute atomic E-state index is 12.9. The summed E-state index contributed by atoms with van der Waals surface area (Å²) < 4.78 is 40.6. The maximum Gasteiger partial charge on any atom is 0.265 e. The van der Waals surface area contributed by atoms with Gasteiger partial charge in [-0.3, -0.25) is 9.40 Å².